The standard InChI is InChI=1S/C22H22Cl2N2O4/c1-4-30-22(27)15-12-26-21-14(6-7-16(23)19(21)24)20(15)25-10-9-13-5-8-17(28-2)18(11-13)29-3/h5-8,11-12H,4,9-10H2,1-3H3,(H,25,26). The van der Waals surface area contributed by atoms with Crippen molar-refractivity contribution < 1.29 is 19.0 Å². The van der Waals surface area contributed by atoms with E-state index in [4.69, 9.17) is 37.4 Å². The highest BCUT2D eigenvalue weighted by Crippen LogP contribution is 2.35. The van der Waals surface area contributed by atoms with Crippen molar-refractivity contribution in [2.24, 2.45) is 0 Å². The predicted octanol–water partition coefficient (Wildman–Crippen LogP) is 5.39. The highest BCUT2D eigenvalue weighted by Gasteiger charge is 2.18. The van der Waals surface area contributed by atoms with E-state index in [0.29, 0.717) is 56.7 Å². The topological polar surface area (TPSA) is 69.7 Å². The van der Waals surface area contributed by atoms with Crippen molar-refractivity contribution in [3.8, 4) is 11.5 Å². The number of methoxy groups -OCH3 is 2. The quantitative estimate of drug-likeness (QED) is 0.465. The summed E-state index contributed by atoms with van der Waals surface area (Å²) in [4.78, 5) is 16.8. The Morgan fingerprint density at radius 1 is 1.10 bits per heavy atom. The maximum atomic E-state index is 12.5. The molecule has 0 amide bonds. The molecule has 8 heteroatoms. The van der Waals surface area contributed by atoms with Crippen LogP contribution in [-0.2, 0) is 11.2 Å². The molecular weight excluding hydrogens is 427 g/mol. The molecule has 0 bridgehead atoms. The molecule has 0 unspecified atom stereocenters. The van der Waals surface area contributed by atoms with Crippen LogP contribution in [0.4, 0.5) is 5.69 Å². The minimum absolute atomic E-state index is 0.267. The number of anilines is 1. The molecule has 0 saturated carbocycles. The zero-order chi connectivity index (χ0) is 21.7. The number of esters is 1. The fourth-order valence-corrected chi connectivity index (χ4v) is 3.49. The fourth-order valence-electron chi connectivity index (χ4n) is 3.13. The monoisotopic (exact) mass is 448 g/mol. The van der Waals surface area contributed by atoms with Crippen LogP contribution in [0, 0.1) is 0 Å². The molecule has 158 valence electrons. The van der Waals surface area contributed by atoms with Crippen LogP contribution in [0.2, 0.25) is 10.0 Å². The average molecular weight is 449 g/mol. The Hall–Kier alpha value is -2.70. The predicted molar refractivity (Wildman–Crippen MR) is 119 cm³/mol. The van der Waals surface area contributed by atoms with Gasteiger partial charge in [-0.05, 0) is 43.2 Å². The number of ether oxygens (including phenoxy) is 3. The molecule has 2 aromatic carbocycles. The molecule has 3 rings (SSSR count). The van der Waals surface area contributed by atoms with Gasteiger partial charge in [0, 0.05) is 18.1 Å². The van der Waals surface area contributed by atoms with E-state index in [0.717, 1.165) is 5.56 Å². The van der Waals surface area contributed by atoms with Crippen molar-refractivity contribution in [3.63, 3.8) is 0 Å². The van der Waals surface area contributed by atoms with E-state index >= 15 is 0 Å². The molecule has 6 nitrogen and oxygen atoms in total. The van der Waals surface area contributed by atoms with Crippen molar-refractivity contribution >= 4 is 45.8 Å². The number of halogens is 2. The van der Waals surface area contributed by atoms with Gasteiger partial charge in [-0.15, -0.1) is 0 Å². The summed E-state index contributed by atoms with van der Waals surface area (Å²) in [6, 6.07) is 9.23. The van der Waals surface area contributed by atoms with Gasteiger partial charge in [0.05, 0.1) is 42.1 Å². The lowest BCUT2D eigenvalue weighted by molar-refractivity contribution is 0.0527. The van der Waals surface area contributed by atoms with E-state index in [-0.39, 0.29) is 6.61 Å². The molecule has 3 aromatic rings. The number of aromatic nitrogens is 1. The summed E-state index contributed by atoms with van der Waals surface area (Å²) in [5, 5.41) is 4.78. The zero-order valence-electron chi connectivity index (χ0n) is 16.9. The number of fused-ring (bicyclic) bond motifs is 1. The van der Waals surface area contributed by atoms with E-state index in [2.05, 4.69) is 10.3 Å². The van der Waals surface area contributed by atoms with Crippen LogP contribution in [0.15, 0.2) is 36.5 Å². The second kappa shape index (κ2) is 9.87. The summed E-state index contributed by atoms with van der Waals surface area (Å²) < 4.78 is 15.8. The molecule has 1 N–H and O–H groups in total. The Kier molecular flexibility index (Phi) is 7.24. The van der Waals surface area contributed by atoms with Crippen LogP contribution < -0.4 is 14.8 Å². The number of carbonyl (C=O) groups excluding carboxylic acids is 1. The van der Waals surface area contributed by atoms with Crippen molar-refractivity contribution in [1.82, 2.24) is 4.98 Å². The Morgan fingerprint density at radius 2 is 1.87 bits per heavy atom. The summed E-state index contributed by atoms with van der Waals surface area (Å²) in [7, 11) is 3.20. The lowest BCUT2D eigenvalue weighted by atomic mass is 10.1. The molecule has 0 aliphatic carbocycles. The smallest absolute Gasteiger partial charge is 0.341 e. The summed E-state index contributed by atoms with van der Waals surface area (Å²) in [5.74, 6) is 0.884. The molecule has 0 aliphatic heterocycles. The first-order valence-electron chi connectivity index (χ1n) is 9.38. The summed E-state index contributed by atoms with van der Waals surface area (Å²) in [5.41, 5.74) is 2.52. The van der Waals surface area contributed by atoms with Crippen LogP contribution in [0.3, 0.4) is 0 Å². The lowest BCUT2D eigenvalue weighted by Gasteiger charge is -2.15. The number of hydrogen-bond donors (Lipinski definition) is 1. The molecule has 0 saturated heterocycles. The minimum Gasteiger partial charge on any atom is -0.493 e. The van der Waals surface area contributed by atoms with Gasteiger partial charge in [0.1, 0.15) is 5.56 Å². The van der Waals surface area contributed by atoms with E-state index in [1.165, 1.54) is 6.20 Å². The third-order valence-corrected chi connectivity index (χ3v) is 5.38. The summed E-state index contributed by atoms with van der Waals surface area (Å²) >= 11 is 12.4. The van der Waals surface area contributed by atoms with E-state index in [1.807, 2.05) is 18.2 Å². The molecule has 0 fully saturated rings. The first kappa shape index (κ1) is 22.0. The third-order valence-electron chi connectivity index (χ3n) is 4.59. The minimum atomic E-state index is -0.452. The van der Waals surface area contributed by atoms with Gasteiger partial charge >= 0.3 is 5.97 Å². The van der Waals surface area contributed by atoms with E-state index in [9.17, 15) is 4.79 Å². The first-order valence-corrected chi connectivity index (χ1v) is 10.1. The Morgan fingerprint density at radius 3 is 2.57 bits per heavy atom. The van der Waals surface area contributed by atoms with Gasteiger partial charge in [-0.25, -0.2) is 4.79 Å². The van der Waals surface area contributed by atoms with Gasteiger partial charge in [-0.3, -0.25) is 4.98 Å². The third kappa shape index (κ3) is 4.55. The summed E-state index contributed by atoms with van der Waals surface area (Å²) in [6.07, 6.45) is 2.15. The fraction of sp³-hybridized carbons (Fsp3) is 0.273. The molecule has 0 aliphatic rings. The molecule has 1 heterocycles. The maximum Gasteiger partial charge on any atom is 0.341 e. The van der Waals surface area contributed by atoms with Crippen molar-refractivity contribution in [2.75, 3.05) is 32.7 Å². The maximum absolute atomic E-state index is 12.5. The number of benzene rings is 2. The highest BCUT2D eigenvalue weighted by atomic mass is 35.5. The Bertz CT molecular complexity index is 1070. The molecule has 1 aromatic heterocycles. The van der Waals surface area contributed by atoms with E-state index in [1.54, 1.807) is 33.3 Å². The van der Waals surface area contributed by atoms with Crippen molar-refractivity contribution in [1.29, 1.82) is 0 Å². The van der Waals surface area contributed by atoms with Gasteiger partial charge in [0.15, 0.2) is 11.5 Å². The molecule has 0 atom stereocenters. The van der Waals surface area contributed by atoms with Crippen LogP contribution in [0.5, 0.6) is 11.5 Å². The van der Waals surface area contributed by atoms with Crippen molar-refractivity contribution in [3.05, 3.63) is 57.7 Å². The van der Waals surface area contributed by atoms with Crippen LogP contribution in [0.1, 0.15) is 22.8 Å². The lowest BCUT2D eigenvalue weighted by Crippen LogP contribution is -2.13. The normalized spacial score (nSPS) is 10.7. The molecule has 0 radical (unpaired) electrons. The molecule has 0 spiro atoms. The van der Waals surface area contributed by atoms with Gasteiger partial charge in [-0.2, -0.15) is 0 Å². The van der Waals surface area contributed by atoms with Crippen LogP contribution in [-0.4, -0.2) is 38.3 Å². The van der Waals surface area contributed by atoms with E-state index < -0.39 is 5.97 Å². The zero-order valence-corrected chi connectivity index (χ0v) is 18.4. The second-order valence-corrected chi connectivity index (χ2v) is 7.18. The average Bonchev–Trinajstić information content (AvgIpc) is 2.76. The van der Waals surface area contributed by atoms with Gasteiger partial charge in [-0.1, -0.05) is 29.3 Å². The number of carbonyl (C=O) groups is 1. The van der Waals surface area contributed by atoms with Crippen LogP contribution in [0.25, 0.3) is 10.9 Å². The van der Waals surface area contributed by atoms with Crippen LogP contribution >= 0.6 is 23.2 Å². The number of pyridine rings is 1. The Labute approximate surface area is 185 Å². The highest BCUT2D eigenvalue weighted by molar-refractivity contribution is 6.45. The van der Waals surface area contributed by atoms with Gasteiger partial charge in [0.2, 0.25) is 0 Å². The molecular formula is C22H22Cl2N2O4. The largest absolute Gasteiger partial charge is 0.493 e. The number of hydrogen-bond acceptors (Lipinski definition) is 6. The van der Waals surface area contributed by atoms with Crippen molar-refractivity contribution in [2.45, 2.75) is 13.3 Å². The van der Waals surface area contributed by atoms with Gasteiger partial charge in [0.25, 0.3) is 0 Å². The number of nitrogens with zero attached hydrogens (tertiary/aromatic N) is 1. The number of nitrogens with one attached hydrogen (secondary N) is 1. The molecule has 30 heavy (non-hydrogen) atoms. The Balaban J connectivity index is 1.91. The van der Waals surface area contributed by atoms with Gasteiger partial charge < -0.3 is 19.5 Å². The SMILES string of the molecule is CCOC(=O)c1cnc2c(Cl)c(Cl)ccc2c1NCCc1ccc(OC)c(OC)c1. The first-order chi connectivity index (χ1) is 14.5. The summed E-state index contributed by atoms with van der Waals surface area (Å²) in [6.45, 7) is 2.58. The number of rotatable bonds is 8. The second-order valence-electron chi connectivity index (χ2n) is 6.39.